The third-order valence-corrected chi connectivity index (χ3v) is 2.33. The summed E-state index contributed by atoms with van der Waals surface area (Å²) in [6.07, 6.45) is 2.41. The number of amides is 1. The van der Waals surface area contributed by atoms with E-state index in [9.17, 15) is 14.4 Å². The van der Waals surface area contributed by atoms with Crippen LogP contribution < -0.4 is 5.32 Å². The van der Waals surface area contributed by atoms with Gasteiger partial charge in [-0.25, -0.2) is 9.78 Å². The Kier molecular flexibility index (Phi) is 5.07. The van der Waals surface area contributed by atoms with Gasteiger partial charge >= 0.3 is 11.9 Å². The van der Waals surface area contributed by atoms with Crippen LogP contribution in [0.5, 0.6) is 0 Å². The first kappa shape index (κ1) is 16.7. The first-order valence-electron chi connectivity index (χ1n) is 6.32. The van der Waals surface area contributed by atoms with E-state index in [1.165, 1.54) is 12.5 Å². The fraction of sp³-hybridized carbons (Fsp3) is 0.538. The maximum absolute atomic E-state index is 11.8. The molecule has 116 valence electrons. The Bertz CT molecular complexity index is 544. The highest BCUT2D eigenvalue weighted by molar-refractivity contribution is 5.95. The lowest BCUT2D eigenvalue weighted by Crippen LogP contribution is -2.43. The molecule has 8 heteroatoms. The van der Waals surface area contributed by atoms with Gasteiger partial charge in [0, 0.05) is 13.2 Å². The minimum atomic E-state index is -1.37. The molecule has 2 N–H and O–H groups in total. The minimum Gasteiger partial charge on any atom is -0.480 e. The number of hydrogen-bond donors (Lipinski definition) is 2. The summed E-state index contributed by atoms with van der Waals surface area (Å²) < 4.78 is 6.59. The van der Waals surface area contributed by atoms with E-state index in [4.69, 9.17) is 9.84 Å². The fourth-order valence-corrected chi connectivity index (χ4v) is 1.51. The molecular formula is C13H19N3O5. The third kappa shape index (κ3) is 5.64. The summed E-state index contributed by atoms with van der Waals surface area (Å²) in [5, 5.41) is 11.3. The van der Waals surface area contributed by atoms with Gasteiger partial charge in [-0.1, -0.05) is 0 Å². The molecular weight excluding hydrogens is 278 g/mol. The van der Waals surface area contributed by atoms with Crippen LogP contribution in [0.3, 0.4) is 0 Å². The number of aromatic nitrogens is 2. The Balaban J connectivity index is 2.68. The monoisotopic (exact) mass is 297 g/mol. The molecule has 0 aliphatic heterocycles. The van der Waals surface area contributed by atoms with E-state index >= 15 is 0 Å². The predicted molar refractivity (Wildman–Crippen MR) is 72.6 cm³/mol. The van der Waals surface area contributed by atoms with Crippen molar-refractivity contribution in [3.8, 4) is 0 Å². The number of carboxylic acids is 1. The molecule has 8 nitrogen and oxygen atoms in total. The number of aliphatic carboxylic acids is 1. The van der Waals surface area contributed by atoms with Gasteiger partial charge in [0.25, 0.3) is 5.91 Å². The molecule has 1 rings (SSSR count). The fourth-order valence-electron chi connectivity index (χ4n) is 1.51. The third-order valence-electron chi connectivity index (χ3n) is 2.33. The molecule has 0 spiro atoms. The number of nitrogens with one attached hydrogen (secondary N) is 1. The predicted octanol–water partition coefficient (Wildman–Crippen LogP) is 0.335. The van der Waals surface area contributed by atoms with Crippen LogP contribution >= 0.6 is 0 Å². The van der Waals surface area contributed by atoms with Crippen LogP contribution in [0.15, 0.2) is 12.5 Å². The molecule has 1 amide bonds. The number of carbonyl (C=O) groups excluding carboxylic acids is 2. The van der Waals surface area contributed by atoms with Crippen molar-refractivity contribution in [1.29, 1.82) is 0 Å². The maximum atomic E-state index is 11.8. The van der Waals surface area contributed by atoms with Gasteiger partial charge in [0.15, 0.2) is 0 Å². The quantitative estimate of drug-likeness (QED) is 0.758. The highest BCUT2D eigenvalue weighted by atomic mass is 16.6. The van der Waals surface area contributed by atoms with E-state index in [-0.39, 0.29) is 5.69 Å². The standard InChI is InChI=1S/C13H19N3O5/c1-13(2,3)21-10(17)5-8(12(19)20)15-11(18)9-6-16(4)7-14-9/h6-8H,5H2,1-4H3,(H,15,18)(H,19,20)/t8-/m0/s1. The first-order chi connectivity index (χ1) is 9.58. The van der Waals surface area contributed by atoms with Crippen molar-refractivity contribution in [3.63, 3.8) is 0 Å². The molecule has 21 heavy (non-hydrogen) atoms. The van der Waals surface area contributed by atoms with Crippen molar-refractivity contribution in [2.75, 3.05) is 0 Å². The van der Waals surface area contributed by atoms with Crippen molar-refractivity contribution in [1.82, 2.24) is 14.9 Å². The largest absolute Gasteiger partial charge is 0.480 e. The van der Waals surface area contributed by atoms with Gasteiger partial charge in [0.1, 0.15) is 17.3 Å². The molecule has 0 fully saturated rings. The number of aryl methyl sites for hydroxylation is 1. The van der Waals surface area contributed by atoms with Crippen LogP contribution in [0.25, 0.3) is 0 Å². The molecule has 0 saturated heterocycles. The molecule has 1 atom stereocenters. The van der Waals surface area contributed by atoms with E-state index in [1.807, 2.05) is 0 Å². The van der Waals surface area contributed by atoms with Gasteiger partial charge in [-0.15, -0.1) is 0 Å². The van der Waals surface area contributed by atoms with Crippen LogP contribution in [0.1, 0.15) is 37.7 Å². The highest BCUT2D eigenvalue weighted by Crippen LogP contribution is 2.09. The van der Waals surface area contributed by atoms with Gasteiger partial charge in [-0.05, 0) is 20.8 Å². The average Bonchev–Trinajstić information content (AvgIpc) is 2.72. The summed E-state index contributed by atoms with van der Waals surface area (Å²) in [6, 6.07) is -1.37. The Labute approximate surface area is 122 Å². The highest BCUT2D eigenvalue weighted by Gasteiger charge is 2.27. The first-order valence-corrected chi connectivity index (χ1v) is 6.32. The van der Waals surface area contributed by atoms with Gasteiger partial charge in [-0.3, -0.25) is 9.59 Å². The molecule has 0 aromatic carbocycles. The number of hydrogen-bond acceptors (Lipinski definition) is 5. The molecule has 0 bridgehead atoms. The molecule has 0 saturated carbocycles. The summed E-state index contributed by atoms with van der Waals surface area (Å²) in [7, 11) is 1.68. The van der Waals surface area contributed by atoms with Crippen LogP contribution in [-0.4, -0.2) is 44.1 Å². The molecule has 0 aliphatic rings. The zero-order valence-electron chi connectivity index (χ0n) is 12.4. The van der Waals surface area contributed by atoms with E-state index in [2.05, 4.69) is 10.3 Å². The van der Waals surface area contributed by atoms with E-state index in [0.29, 0.717) is 0 Å². The number of imidazole rings is 1. The van der Waals surface area contributed by atoms with Crippen molar-refractivity contribution >= 4 is 17.8 Å². The zero-order valence-corrected chi connectivity index (χ0v) is 12.4. The zero-order chi connectivity index (χ0) is 16.2. The van der Waals surface area contributed by atoms with Crippen molar-refractivity contribution < 1.29 is 24.2 Å². The van der Waals surface area contributed by atoms with Gasteiger partial charge in [-0.2, -0.15) is 0 Å². The van der Waals surface area contributed by atoms with Gasteiger partial charge < -0.3 is 19.7 Å². The second-order valence-corrected chi connectivity index (χ2v) is 5.58. The van der Waals surface area contributed by atoms with Gasteiger partial charge in [0.2, 0.25) is 0 Å². The summed E-state index contributed by atoms with van der Waals surface area (Å²) in [5.74, 6) is -2.67. The van der Waals surface area contributed by atoms with Crippen LogP contribution in [-0.2, 0) is 21.4 Å². The molecule has 1 aromatic rings. The average molecular weight is 297 g/mol. The van der Waals surface area contributed by atoms with Gasteiger partial charge in [0.05, 0.1) is 12.7 Å². The molecule has 0 aliphatic carbocycles. The van der Waals surface area contributed by atoms with E-state index in [0.717, 1.165) is 0 Å². The van der Waals surface area contributed by atoms with Crippen molar-refractivity contribution in [2.45, 2.75) is 38.8 Å². The SMILES string of the molecule is Cn1cnc(C(=O)N[C@@H](CC(=O)OC(C)(C)C)C(=O)O)c1. The molecule has 1 aromatic heterocycles. The Morgan fingerprint density at radius 2 is 2.05 bits per heavy atom. The molecule has 0 unspecified atom stereocenters. The van der Waals surface area contributed by atoms with Crippen LogP contribution in [0.2, 0.25) is 0 Å². The Morgan fingerprint density at radius 1 is 1.43 bits per heavy atom. The topological polar surface area (TPSA) is 111 Å². The number of rotatable bonds is 5. The molecule has 1 heterocycles. The minimum absolute atomic E-state index is 0.0768. The Hall–Kier alpha value is -2.38. The van der Waals surface area contributed by atoms with Crippen molar-refractivity contribution in [2.24, 2.45) is 7.05 Å². The second-order valence-electron chi connectivity index (χ2n) is 5.58. The smallest absolute Gasteiger partial charge is 0.326 e. The summed E-state index contributed by atoms with van der Waals surface area (Å²) in [5.41, 5.74) is -0.640. The Morgan fingerprint density at radius 3 is 2.48 bits per heavy atom. The molecule has 0 radical (unpaired) electrons. The van der Waals surface area contributed by atoms with Crippen LogP contribution in [0.4, 0.5) is 0 Å². The number of nitrogens with zero attached hydrogens (tertiary/aromatic N) is 2. The maximum Gasteiger partial charge on any atom is 0.326 e. The lowest BCUT2D eigenvalue weighted by Gasteiger charge is -2.21. The summed E-state index contributed by atoms with van der Waals surface area (Å²) in [4.78, 5) is 38.4. The summed E-state index contributed by atoms with van der Waals surface area (Å²) in [6.45, 7) is 5.02. The second kappa shape index (κ2) is 6.38. The van der Waals surface area contributed by atoms with Crippen molar-refractivity contribution in [3.05, 3.63) is 18.2 Å². The number of carboxylic acid groups (broad SMARTS) is 1. The number of ether oxygens (including phenoxy) is 1. The van der Waals surface area contributed by atoms with E-state index in [1.54, 1.807) is 32.4 Å². The number of carbonyl (C=O) groups is 3. The normalized spacial score (nSPS) is 12.6. The van der Waals surface area contributed by atoms with E-state index < -0.39 is 35.9 Å². The number of esters is 1. The lowest BCUT2D eigenvalue weighted by molar-refractivity contribution is -0.158. The van der Waals surface area contributed by atoms with Crippen LogP contribution in [0, 0.1) is 0 Å². The summed E-state index contributed by atoms with van der Waals surface area (Å²) >= 11 is 0. The lowest BCUT2D eigenvalue weighted by atomic mass is 10.1.